The van der Waals surface area contributed by atoms with E-state index >= 15 is 0 Å². The fourth-order valence-electron chi connectivity index (χ4n) is 2.38. The zero-order valence-electron chi connectivity index (χ0n) is 14.2. The number of benzene rings is 1. The summed E-state index contributed by atoms with van der Waals surface area (Å²) in [5.41, 5.74) is -4.83. The van der Waals surface area contributed by atoms with Crippen LogP contribution in [0.4, 0.5) is 13.2 Å². The molecule has 1 aliphatic rings. The Hall–Kier alpha value is -1.79. The first kappa shape index (κ1) is 21.5. The van der Waals surface area contributed by atoms with Gasteiger partial charge in [-0.1, -0.05) is 12.1 Å². The molecule has 0 fully saturated rings. The maximum absolute atomic E-state index is 12.3. The predicted molar refractivity (Wildman–Crippen MR) is 90.5 cm³/mol. The van der Waals surface area contributed by atoms with E-state index in [4.69, 9.17) is 4.74 Å². The zero-order chi connectivity index (χ0) is 20.3. The Morgan fingerprint density at radius 3 is 2.26 bits per heavy atom. The molecule has 0 saturated carbocycles. The maximum atomic E-state index is 12.3. The largest absolute Gasteiger partial charge is 0.534 e. The maximum Gasteiger partial charge on any atom is 0.534 e. The third-order valence-electron chi connectivity index (χ3n) is 3.90. The number of sulfonamides is 1. The van der Waals surface area contributed by atoms with E-state index in [2.05, 4.69) is 8.91 Å². The molecule has 0 spiro atoms. The van der Waals surface area contributed by atoms with Crippen LogP contribution in [0.3, 0.4) is 0 Å². The summed E-state index contributed by atoms with van der Waals surface area (Å²) < 4.78 is 95.0. The molecular formula is C15H18F3NO6S2. The SMILES string of the molecule is COc1ccc(CNS(=O)(=O)C2CC=C(OS(=O)(=O)C(F)(F)F)CC2)cc1. The lowest BCUT2D eigenvalue weighted by Crippen LogP contribution is -2.35. The fourth-order valence-corrected chi connectivity index (χ4v) is 4.29. The molecule has 0 aliphatic heterocycles. The van der Waals surface area contributed by atoms with Crippen molar-refractivity contribution in [1.82, 2.24) is 4.72 Å². The van der Waals surface area contributed by atoms with Gasteiger partial charge in [-0.25, -0.2) is 13.1 Å². The molecule has 0 radical (unpaired) electrons. The standard InChI is InChI=1S/C15H18F3NO6S2/c1-24-12-4-2-11(3-5-12)10-19-26(20,21)14-8-6-13(7-9-14)25-27(22,23)15(16,17)18/h2-6,14,19H,7-10H2,1H3. The van der Waals surface area contributed by atoms with Gasteiger partial charge >= 0.3 is 15.6 Å². The van der Waals surface area contributed by atoms with E-state index in [0.29, 0.717) is 11.3 Å². The summed E-state index contributed by atoms with van der Waals surface area (Å²) in [5.74, 6) is 0.217. The lowest BCUT2D eigenvalue weighted by molar-refractivity contribution is -0.0524. The zero-order valence-corrected chi connectivity index (χ0v) is 15.8. The second-order valence-corrected chi connectivity index (χ2v) is 9.35. The van der Waals surface area contributed by atoms with Gasteiger partial charge in [0.1, 0.15) is 11.5 Å². The Kier molecular flexibility index (Phi) is 6.43. The highest BCUT2D eigenvalue weighted by Crippen LogP contribution is 2.31. The van der Waals surface area contributed by atoms with Crippen molar-refractivity contribution in [3.63, 3.8) is 0 Å². The van der Waals surface area contributed by atoms with E-state index in [0.717, 1.165) is 6.08 Å². The van der Waals surface area contributed by atoms with Gasteiger partial charge in [-0.3, -0.25) is 0 Å². The van der Waals surface area contributed by atoms with Gasteiger partial charge in [-0.2, -0.15) is 21.6 Å². The Balaban J connectivity index is 1.95. The predicted octanol–water partition coefficient (Wildman–Crippen LogP) is 2.42. The number of alkyl halides is 3. The van der Waals surface area contributed by atoms with Gasteiger partial charge in [0.05, 0.1) is 12.4 Å². The first-order chi connectivity index (χ1) is 12.4. The van der Waals surface area contributed by atoms with Gasteiger partial charge in [0, 0.05) is 13.0 Å². The first-order valence-corrected chi connectivity index (χ1v) is 10.7. The molecule has 0 bridgehead atoms. The number of methoxy groups -OCH3 is 1. The average Bonchev–Trinajstić information content (AvgIpc) is 2.59. The molecule has 0 aromatic heterocycles. The summed E-state index contributed by atoms with van der Waals surface area (Å²) in [4.78, 5) is 0. The molecule has 1 unspecified atom stereocenters. The molecule has 1 aromatic rings. The van der Waals surface area contributed by atoms with E-state index < -0.39 is 36.7 Å². The molecule has 1 N–H and O–H groups in total. The van der Waals surface area contributed by atoms with Gasteiger partial charge in [0.25, 0.3) is 0 Å². The molecule has 1 atom stereocenters. The summed E-state index contributed by atoms with van der Waals surface area (Å²) >= 11 is 0. The molecule has 0 heterocycles. The van der Waals surface area contributed by atoms with Crippen LogP contribution >= 0.6 is 0 Å². The Morgan fingerprint density at radius 2 is 1.78 bits per heavy atom. The monoisotopic (exact) mass is 429 g/mol. The van der Waals surface area contributed by atoms with Crippen LogP contribution in [0.1, 0.15) is 24.8 Å². The summed E-state index contributed by atoms with van der Waals surface area (Å²) in [6.45, 7) is 0.0400. The minimum Gasteiger partial charge on any atom is -0.497 e. The van der Waals surface area contributed by atoms with Crippen LogP contribution in [-0.4, -0.2) is 34.7 Å². The van der Waals surface area contributed by atoms with Gasteiger partial charge < -0.3 is 8.92 Å². The van der Waals surface area contributed by atoms with E-state index in [1.165, 1.54) is 7.11 Å². The summed E-state index contributed by atoms with van der Waals surface area (Å²) in [5, 5.41) is -0.892. The van der Waals surface area contributed by atoms with Crippen LogP contribution in [-0.2, 0) is 30.9 Å². The van der Waals surface area contributed by atoms with Crippen molar-refractivity contribution in [3.8, 4) is 5.75 Å². The van der Waals surface area contributed by atoms with Crippen LogP contribution in [0.5, 0.6) is 5.75 Å². The quantitative estimate of drug-likeness (QED) is 0.528. The molecule has 1 aromatic carbocycles. The number of ether oxygens (including phenoxy) is 1. The first-order valence-electron chi connectivity index (χ1n) is 7.76. The van der Waals surface area contributed by atoms with Gasteiger partial charge in [-0.05, 0) is 36.6 Å². The van der Waals surface area contributed by atoms with E-state index in [-0.39, 0.29) is 25.8 Å². The third kappa shape index (κ3) is 5.59. The van der Waals surface area contributed by atoms with Crippen molar-refractivity contribution in [2.24, 2.45) is 0 Å². The van der Waals surface area contributed by atoms with E-state index in [1.807, 2.05) is 0 Å². The second kappa shape index (κ2) is 8.07. The minimum absolute atomic E-state index is 0.0400. The molecule has 152 valence electrons. The number of halogens is 3. The average molecular weight is 429 g/mol. The lowest BCUT2D eigenvalue weighted by atomic mass is 10.1. The van der Waals surface area contributed by atoms with Crippen molar-refractivity contribution in [2.75, 3.05) is 7.11 Å². The summed E-state index contributed by atoms with van der Waals surface area (Å²) in [7, 11) is -7.99. The van der Waals surface area contributed by atoms with Gasteiger partial charge in [-0.15, -0.1) is 0 Å². The lowest BCUT2D eigenvalue weighted by Gasteiger charge is -2.22. The third-order valence-corrected chi connectivity index (χ3v) is 6.75. The normalized spacial score (nSPS) is 18.7. The number of hydrogen-bond donors (Lipinski definition) is 1. The molecule has 7 nitrogen and oxygen atoms in total. The van der Waals surface area contributed by atoms with Crippen LogP contribution in [0.2, 0.25) is 0 Å². The Morgan fingerprint density at radius 1 is 1.15 bits per heavy atom. The number of nitrogens with one attached hydrogen (secondary N) is 1. The molecule has 0 saturated heterocycles. The number of allylic oxidation sites excluding steroid dienone is 2. The number of hydrogen-bond acceptors (Lipinski definition) is 6. The smallest absolute Gasteiger partial charge is 0.497 e. The van der Waals surface area contributed by atoms with Crippen molar-refractivity contribution >= 4 is 20.1 Å². The molecular weight excluding hydrogens is 411 g/mol. The van der Waals surface area contributed by atoms with E-state index in [1.54, 1.807) is 24.3 Å². The Bertz CT molecular complexity index is 892. The summed E-state index contributed by atoms with van der Waals surface area (Å²) in [6.07, 6.45) is 0.616. The highest BCUT2D eigenvalue weighted by molar-refractivity contribution is 7.90. The fraction of sp³-hybridized carbons (Fsp3) is 0.467. The highest BCUT2D eigenvalue weighted by Gasteiger charge is 2.49. The molecule has 2 rings (SSSR count). The molecule has 12 heteroatoms. The Labute approximate surface area is 155 Å². The summed E-state index contributed by atoms with van der Waals surface area (Å²) in [6, 6.07) is 6.74. The topological polar surface area (TPSA) is 98.8 Å². The van der Waals surface area contributed by atoms with Crippen LogP contribution in [0.25, 0.3) is 0 Å². The van der Waals surface area contributed by atoms with Crippen LogP contribution < -0.4 is 9.46 Å². The highest BCUT2D eigenvalue weighted by atomic mass is 32.2. The number of rotatable bonds is 7. The van der Waals surface area contributed by atoms with Crippen LogP contribution in [0.15, 0.2) is 36.1 Å². The van der Waals surface area contributed by atoms with Gasteiger partial charge in [0.2, 0.25) is 10.0 Å². The van der Waals surface area contributed by atoms with Crippen LogP contribution in [0, 0.1) is 0 Å². The molecule has 1 aliphatic carbocycles. The van der Waals surface area contributed by atoms with E-state index in [9.17, 15) is 30.0 Å². The minimum atomic E-state index is -5.75. The van der Waals surface area contributed by atoms with Crippen molar-refractivity contribution in [1.29, 1.82) is 0 Å². The molecule has 0 amide bonds. The van der Waals surface area contributed by atoms with Crippen molar-refractivity contribution in [3.05, 3.63) is 41.7 Å². The van der Waals surface area contributed by atoms with Crippen molar-refractivity contribution in [2.45, 2.75) is 36.6 Å². The van der Waals surface area contributed by atoms with Gasteiger partial charge in [0.15, 0.2) is 0 Å². The second-order valence-electron chi connectivity index (χ2n) is 5.76. The molecule has 27 heavy (non-hydrogen) atoms. The van der Waals surface area contributed by atoms with Crippen molar-refractivity contribution < 1.29 is 38.9 Å².